The Balaban J connectivity index is 2.72. The van der Waals surface area contributed by atoms with Gasteiger partial charge in [0.25, 0.3) is 0 Å². The summed E-state index contributed by atoms with van der Waals surface area (Å²) in [6.07, 6.45) is 6.01. The molecular formula is C16H28N2O. The number of aromatic nitrogens is 1. The van der Waals surface area contributed by atoms with Gasteiger partial charge in [-0.25, -0.2) is 0 Å². The summed E-state index contributed by atoms with van der Waals surface area (Å²) in [5.74, 6) is 1.49. The topological polar surface area (TPSA) is 34.2 Å². The van der Waals surface area contributed by atoms with E-state index in [2.05, 4.69) is 44.1 Å². The van der Waals surface area contributed by atoms with Gasteiger partial charge in [0.15, 0.2) is 0 Å². The average Bonchev–Trinajstić information content (AvgIpc) is 2.34. The zero-order valence-electron chi connectivity index (χ0n) is 13.2. The molecule has 1 N–H and O–H groups in total. The van der Waals surface area contributed by atoms with Crippen LogP contribution in [0.25, 0.3) is 0 Å². The van der Waals surface area contributed by atoms with Crippen molar-refractivity contribution in [3.63, 3.8) is 0 Å². The van der Waals surface area contributed by atoms with E-state index in [4.69, 9.17) is 4.74 Å². The van der Waals surface area contributed by atoms with Crippen LogP contribution in [0.4, 0.5) is 0 Å². The second kappa shape index (κ2) is 6.90. The van der Waals surface area contributed by atoms with Crippen LogP contribution in [0.1, 0.15) is 52.1 Å². The lowest BCUT2D eigenvalue weighted by Crippen LogP contribution is -2.21. The fourth-order valence-corrected chi connectivity index (χ4v) is 2.69. The van der Waals surface area contributed by atoms with Crippen molar-refractivity contribution in [3.05, 3.63) is 24.0 Å². The molecule has 3 nitrogen and oxygen atoms in total. The average molecular weight is 264 g/mol. The fraction of sp³-hybridized carbons (Fsp3) is 0.688. The van der Waals surface area contributed by atoms with Crippen LogP contribution in [0.5, 0.6) is 5.75 Å². The summed E-state index contributed by atoms with van der Waals surface area (Å²) in [5.41, 5.74) is 1.58. The smallest absolute Gasteiger partial charge is 0.137 e. The van der Waals surface area contributed by atoms with Crippen LogP contribution < -0.4 is 10.1 Å². The van der Waals surface area contributed by atoms with Crippen molar-refractivity contribution in [3.8, 4) is 5.75 Å². The summed E-state index contributed by atoms with van der Waals surface area (Å²) in [4.78, 5) is 4.24. The van der Waals surface area contributed by atoms with Gasteiger partial charge in [0.1, 0.15) is 5.75 Å². The van der Waals surface area contributed by atoms with Gasteiger partial charge in [0, 0.05) is 12.2 Å². The quantitative estimate of drug-likeness (QED) is 0.848. The standard InChI is InChI=1S/C16H28N2O/c1-12(9-16(2,3)4)7-15(17-5)13-8-14(19-6)11-18-10-13/h8,10-12,15,17H,7,9H2,1-6H3. The normalized spacial score (nSPS) is 15.1. The van der Waals surface area contributed by atoms with Gasteiger partial charge in [0.2, 0.25) is 0 Å². The van der Waals surface area contributed by atoms with E-state index in [9.17, 15) is 0 Å². The Hall–Kier alpha value is -1.09. The van der Waals surface area contributed by atoms with E-state index in [1.165, 1.54) is 12.0 Å². The van der Waals surface area contributed by atoms with Crippen LogP contribution in [0.2, 0.25) is 0 Å². The number of nitrogens with zero attached hydrogens (tertiary/aromatic N) is 1. The molecule has 0 saturated heterocycles. The van der Waals surface area contributed by atoms with Crippen molar-refractivity contribution in [1.82, 2.24) is 10.3 Å². The summed E-state index contributed by atoms with van der Waals surface area (Å²) in [5, 5.41) is 3.39. The lowest BCUT2D eigenvalue weighted by molar-refractivity contribution is 0.278. The molecule has 0 aliphatic heterocycles. The Morgan fingerprint density at radius 1 is 1.32 bits per heavy atom. The maximum Gasteiger partial charge on any atom is 0.137 e. The van der Waals surface area contributed by atoms with Crippen LogP contribution in [0, 0.1) is 11.3 Å². The summed E-state index contributed by atoms with van der Waals surface area (Å²) in [7, 11) is 3.69. The van der Waals surface area contributed by atoms with Crippen molar-refractivity contribution in [1.29, 1.82) is 0 Å². The highest BCUT2D eigenvalue weighted by Gasteiger charge is 2.19. The molecule has 2 unspecified atom stereocenters. The molecule has 2 atom stereocenters. The number of hydrogen-bond acceptors (Lipinski definition) is 3. The van der Waals surface area contributed by atoms with Crippen LogP contribution in [0.15, 0.2) is 18.5 Å². The molecule has 0 aliphatic rings. The molecule has 3 heteroatoms. The molecule has 0 radical (unpaired) electrons. The molecule has 0 fully saturated rings. The van der Waals surface area contributed by atoms with E-state index in [1.807, 2.05) is 13.2 Å². The molecule has 19 heavy (non-hydrogen) atoms. The SMILES string of the molecule is CNC(CC(C)CC(C)(C)C)c1cncc(OC)c1. The van der Waals surface area contributed by atoms with Crippen molar-refractivity contribution >= 4 is 0 Å². The minimum absolute atomic E-state index is 0.333. The Morgan fingerprint density at radius 3 is 2.53 bits per heavy atom. The molecule has 1 aromatic heterocycles. The minimum atomic E-state index is 0.333. The first-order valence-electron chi connectivity index (χ1n) is 7.02. The van der Waals surface area contributed by atoms with Gasteiger partial charge in [-0.3, -0.25) is 4.98 Å². The first-order valence-corrected chi connectivity index (χ1v) is 7.02. The number of methoxy groups -OCH3 is 1. The maximum atomic E-state index is 5.24. The highest BCUT2D eigenvalue weighted by molar-refractivity contribution is 5.25. The van der Waals surface area contributed by atoms with Gasteiger partial charge in [-0.2, -0.15) is 0 Å². The molecule has 1 heterocycles. The molecule has 0 saturated carbocycles. The molecule has 0 aromatic carbocycles. The van der Waals surface area contributed by atoms with Crippen molar-refractivity contribution in [2.24, 2.45) is 11.3 Å². The number of ether oxygens (including phenoxy) is 1. The molecule has 0 amide bonds. The fourth-order valence-electron chi connectivity index (χ4n) is 2.69. The Kier molecular flexibility index (Phi) is 5.80. The molecule has 108 valence electrons. The molecule has 1 rings (SSSR count). The zero-order chi connectivity index (χ0) is 14.5. The summed E-state index contributed by atoms with van der Waals surface area (Å²) in [6.45, 7) is 9.21. The van der Waals surface area contributed by atoms with E-state index in [0.29, 0.717) is 17.4 Å². The van der Waals surface area contributed by atoms with Gasteiger partial charge < -0.3 is 10.1 Å². The Labute approximate surface area is 117 Å². The largest absolute Gasteiger partial charge is 0.495 e. The summed E-state index contributed by atoms with van der Waals surface area (Å²) >= 11 is 0. The van der Waals surface area contributed by atoms with Crippen LogP contribution in [-0.2, 0) is 0 Å². The lowest BCUT2D eigenvalue weighted by Gasteiger charge is -2.26. The highest BCUT2D eigenvalue weighted by atomic mass is 16.5. The third-order valence-electron chi connectivity index (χ3n) is 3.32. The third-order valence-corrected chi connectivity index (χ3v) is 3.32. The van der Waals surface area contributed by atoms with Gasteiger partial charge in [-0.1, -0.05) is 27.7 Å². The van der Waals surface area contributed by atoms with E-state index in [1.54, 1.807) is 13.3 Å². The molecule has 0 aliphatic carbocycles. The molecular weight excluding hydrogens is 236 g/mol. The van der Waals surface area contributed by atoms with E-state index in [-0.39, 0.29) is 0 Å². The predicted molar refractivity (Wildman–Crippen MR) is 80.4 cm³/mol. The van der Waals surface area contributed by atoms with Crippen molar-refractivity contribution in [2.75, 3.05) is 14.2 Å². The second-order valence-electron chi connectivity index (χ2n) is 6.61. The first-order chi connectivity index (χ1) is 8.85. The van der Waals surface area contributed by atoms with E-state index >= 15 is 0 Å². The molecule has 0 bridgehead atoms. The summed E-state index contributed by atoms with van der Waals surface area (Å²) in [6, 6.07) is 2.40. The second-order valence-corrected chi connectivity index (χ2v) is 6.61. The Morgan fingerprint density at radius 2 is 2.00 bits per heavy atom. The first kappa shape index (κ1) is 16.0. The monoisotopic (exact) mass is 264 g/mol. The van der Waals surface area contributed by atoms with E-state index in [0.717, 1.165) is 12.2 Å². The highest BCUT2D eigenvalue weighted by Crippen LogP contribution is 2.30. The van der Waals surface area contributed by atoms with Crippen molar-refractivity contribution < 1.29 is 4.74 Å². The van der Waals surface area contributed by atoms with Crippen LogP contribution in [-0.4, -0.2) is 19.1 Å². The maximum absolute atomic E-state index is 5.24. The van der Waals surface area contributed by atoms with Crippen molar-refractivity contribution in [2.45, 2.75) is 46.6 Å². The van der Waals surface area contributed by atoms with Gasteiger partial charge in [0.05, 0.1) is 13.3 Å². The number of nitrogens with one attached hydrogen (secondary N) is 1. The zero-order valence-corrected chi connectivity index (χ0v) is 13.2. The Bertz CT molecular complexity index is 385. The molecule has 0 spiro atoms. The van der Waals surface area contributed by atoms with Crippen LogP contribution in [0.3, 0.4) is 0 Å². The van der Waals surface area contributed by atoms with Crippen LogP contribution >= 0.6 is 0 Å². The minimum Gasteiger partial charge on any atom is -0.495 e. The third kappa shape index (κ3) is 5.60. The lowest BCUT2D eigenvalue weighted by atomic mass is 9.82. The van der Waals surface area contributed by atoms with Gasteiger partial charge >= 0.3 is 0 Å². The number of pyridine rings is 1. The predicted octanol–water partition coefficient (Wildman–Crippen LogP) is 3.81. The van der Waals surface area contributed by atoms with E-state index < -0.39 is 0 Å². The number of hydrogen-bond donors (Lipinski definition) is 1. The van der Waals surface area contributed by atoms with Gasteiger partial charge in [-0.15, -0.1) is 0 Å². The van der Waals surface area contributed by atoms with Gasteiger partial charge in [-0.05, 0) is 42.9 Å². The summed E-state index contributed by atoms with van der Waals surface area (Å²) < 4.78 is 5.24. The molecule has 1 aromatic rings. The number of rotatable bonds is 6.